The molecule has 1 aromatic rings. The maximum Gasteiger partial charge on any atom is 0.274 e. The minimum atomic E-state index is 0.645. The van der Waals surface area contributed by atoms with Gasteiger partial charge in [0.1, 0.15) is 13.1 Å². The number of fused-ring (bicyclic) bond motifs is 2. The van der Waals surface area contributed by atoms with Gasteiger partial charge in [0.05, 0.1) is 19.3 Å². The molecule has 0 unspecified atom stereocenters. The number of aromatic nitrogens is 1. The van der Waals surface area contributed by atoms with E-state index in [0.717, 1.165) is 43.1 Å². The van der Waals surface area contributed by atoms with Crippen LogP contribution in [0.3, 0.4) is 0 Å². The van der Waals surface area contributed by atoms with Crippen molar-refractivity contribution < 1.29 is 4.98 Å². The maximum atomic E-state index is 5.67. The van der Waals surface area contributed by atoms with Crippen molar-refractivity contribution in [2.45, 2.75) is 31.7 Å². The largest absolute Gasteiger partial charge is 0.360 e. The van der Waals surface area contributed by atoms with Gasteiger partial charge in [-0.25, -0.2) is 4.98 Å². The molecule has 2 aliphatic carbocycles. The number of H-pyrrole nitrogens is 1. The molecule has 0 spiro atoms. The second kappa shape index (κ2) is 6.03. The number of hydrogen-bond acceptors (Lipinski definition) is 2. The van der Waals surface area contributed by atoms with Gasteiger partial charge in [0.2, 0.25) is 0 Å². The average molecular weight is 317 g/mol. The Labute approximate surface area is 137 Å². The van der Waals surface area contributed by atoms with Crippen LogP contribution in [0.1, 0.15) is 25.7 Å². The van der Waals surface area contributed by atoms with Crippen LogP contribution >= 0.6 is 12.2 Å². The van der Waals surface area contributed by atoms with E-state index in [1.54, 1.807) is 0 Å². The van der Waals surface area contributed by atoms with Crippen LogP contribution in [0.5, 0.6) is 0 Å². The standard InChI is InChI=1S/C17H24N4S/c22-17(19-15-12-13-4-5-14(15)11-13)21-9-7-20(8-10-21)16-3-1-2-6-18-16/h1-3,6,13-15H,4-5,7-12H2,(H,19,22)/p+1/t13-,14-,15-/m1/s1. The molecule has 2 N–H and O–H groups in total. The van der Waals surface area contributed by atoms with Gasteiger partial charge in [0.25, 0.3) is 5.82 Å². The lowest BCUT2D eigenvalue weighted by Crippen LogP contribution is -2.54. The van der Waals surface area contributed by atoms with Gasteiger partial charge in [0.15, 0.2) is 5.11 Å². The summed E-state index contributed by atoms with van der Waals surface area (Å²) in [6.07, 6.45) is 7.61. The highest BCUT2D eigenvalue weighted by molar-refractivity contribution is 7.80. The Kier molecular flexibility index (Phi) is 3.90. The maximum absolute atomic E-state index is 5.67. The first-order valence-electron chi connectivity index (χ1n) is 8.57. The topological polar surface area (TPSA) is 32.6 Å². The number of nitrogens with zero attached hydrogens (tertiary/aromatic N) is 2. The van der Waals surface area contributed by atoms with Gasteiger partial charge in [-0.15, -0.1) is 0 Å². The Morgan fingerprint density at radius 3 is 2.64 bits per heavy atom. The SMILES string of the molecule is S=C(N[C@@H]1C[C@@H]2CC[C@@H]1C2)N1CCN(c2cccc[nH+]2)CC1. The highest BCUT2D eigenvalue weighted by Crippen LogP contribution is 2.44. The fourth-order valence-electron chi connectivity index (χ4n) is 4.40. The van der Waals surface area contributed by atoms with E-state index in [4.69, 9.17) is 12.2 Å². The Morgan fingerprint density at radius 1 is 1.14 bits per heavy atom. The molecule has 3 aliphatic rings. The monoisotopic (exact) mass is 317 g/mol. The van der Waals surface area contributed by atoms with Crippen LogP contribution in [0.4, 0.5) is 5.82 Å². The quantitative estimate of drug-likeness (QED) is 0.842. The highest BCUT2D eigenvalue weighted by atomic mass is 32.1. The summed E-state index contributed by atoms with van der Waals surface area (Å²) < 4.78 is 0. The Morgan fingerprint density at radius 2 is 2.00 bits per heavy atom. The van der Waals surface area contributed by atoms with Gasteiger partial charge in [-0.1, -0.05) is 12.5 Å². The molecule has 2 bridgehead atoms. The molecule has 1 saturated heterocycles. The lowest BCUT2D eigenvalue weighted by Gasteiger charge is -2.35. The molecule has 3 fully saturated rings. The van der Waals surface area contributed by atoms with Crippen LogP contribution in [0.15, 0.2) is 24.4 Å². The molecule has 118 valence electrons. The smallest absolute Gasteiger partial charge is 0.274 e. The number of anilines is 1. The lowest BCUT2D eigenvalue weighted by molar-refractivity contribution is -0.364. The highest BCUT2D eigenvalue weighted by Gasteiger charge is 2.40. The second-order valence-electron chi connectivity index (χ2n) is 6.95. The van der Waals surface area contributed by atoms with E-state index in [1.165, 1.54) is 31.5 Å². The van der Waals surface area contributed by atoms with Crippen molar-refractivity contribution in [3.8, 4) is 0 Å². The number of piperazine rings is 1. The van der Waals surface area contributed by atoms with Gasteiger partial charge in [-0.2, -0.15) is 0 Å². The molecule has 2 saturated carbocycles. The third-order valence-corrected chi connectivity index (χ3v) is 6.02. The summed E-state index contributed by atoms with van der Waals surface area (Å²) >= 11 is 5.67. The summed E-state index contributed by atoms with van der Waals surface area (Å²) in [5.41, 5.74) is 0. The van der Waals surface area contributed by atoms with Crippen molar-refractivity contribution in [3.05, 3.63) is 24.4 Å². The molecule has 1 aromatic heterocycles. The van der Waals surface area contributed by atoms with Gasteiger partial charge in [-0.3, -0.25) is 4.90 Å². The molecular formula is C17H25N4S+. The molecule has 0 aromatic carbocycles. The molecule has 2 heterocycles. The molecule has 4 nitrogen and oxygen atoms in total. The van der Waals surface area contributed by atoms with E-state index in [9.17, 15) is 0 Å². The Hall–Kier alpha value is -1.36. The number of thiocarbonyl (C=S) groups is 1. The minimum absolute atomic E-state index is 0.645. The number of nitrogens with one attached hydrogen (secondary N) is 2. The van der Waals surface area contributed by atoms with Crippen LogP contribution in [0, 0.1) is 11.8 Å². The lowest BCUT2D eigenvalue weighted by atomic mass is 9.95. The van der Waals surface area contributed by atoms with Crippen molar-refractivity contribution in [1.29, 1.82) is 0 Å². The molecule has 3 atom stereocenters. The van der Waals surface area contributed by atoms with Gasteiger partial charge >= 0.3 is 0 Å². The third-order valence-electron chi connectivity index (χ3n) is 5.65. The number of rotatable bonds is 2. The molecular weight excluding hydrogens is 292 g/mol. The first kappa shape index (κ1) is 14.2. The number of aromatic amines is 1. The average Bonchev–Trinajstić information content (AvgIpc) is 3.19. The minimum Gasteiger partial charge on any atom is -0.360 e. The van der Waals surface area contributed by atoms with Crippen LogP contribution in [0.2, 0.25) is 0 Å². The zero-order chi connectivity index (χ0) is 14.9. The summed E-state index contributed by atoms with van der Waals surface area (Å²) in [5.74, 6) is 3.05. The van der Waals surface area contributed by atoms with E-state index >= 15 is 0 Å². The van der Waals surface area contributed by atoms with Crippen LogP contribution in [-0.2, 0) is 0 Å². The third kappa shape index (κ3) is 2.78. The molecule has 0 radical (unpaired) electrons. The normalized spacial score (nSPS) is 30.6. The van der Waals surface area contributed by atoms with Gasteiger partial charge in [0, 0.05) is 12.1 Å². The summed E-state index contributed by atoms with van der Waals surface area (Å²) in [6, 6.07) is 6.89. The zero-order valence-electron chi connectivity index (χ0n) is 13.0. The van der Waals surface area contributed by atoms with Crippen LogP contribution < -0.4 is 15.2 Å². The molecule has 5 heteroatoms. The van der Waals surface area contributed by atoms with E-state index in [1.807, 2.05) is 12.3 Å². The molecule has 0 amide bonds. The van der Waals surface area contributed by atoms with Crippen molar-refractivity contribution in [2.75, 3.05) is 31.1 Å². The number of hydrogen-bond donors (Lipinski definition) is 1. The zero-order valence-corrected chi connectivity index (χ0v) is 13.8. The summed E-state index contributed by atoms with van der Waals surface area (Å²) in [4.78, 5) is 8.07. The first-order chi connectivity index (χ1) is 10.8. The summed E-state index contributed by atoms with van der Waals surface area (Å²) in [6.45, 7) is 4.07. The molecule has 4 rings (SSSR count). The van der Waals surface area contributed by atoms with Gasteiger partial charge in [-0.05, 0) is 49.4 Å². The molecule has 22 heavy (non-hydrogen) atoms. The number of pyridine rings is 1. The van der Waals surface area contributed by atoms with Crippen molar-refractivity contribution >= 4 is 23.1 Å². The molecule has 1 aliphatic heterocycles. The Balaban J connectivity index is 1.29. The van der Waals surface area contributed by atoms with Crippen LogP contribution in [-0.4, -0.2) is 42.2 Å². The fraction of sp³-hybridized carbons (Fsp3) is 0.647. The predicted octanol–water partition coefficient (Wildman–Crippen LogP) is 1.69. The van der Waals surface area contributed by atoms with Crippen molar-refractivity contribution in [1.82, 2.24) is 10.2 Å². The Bertz CT molecular complexity index is 527. The van der Waals surface area contributed by atoms with E-state index < -0.39 is 0 Å². The predicted molar refractivity (Wildman–Crippen MR) is 91.8 cm³/mol. The summed E-state index contributed by atoms with van der Waals surface area (Å²) in [7, 11) is 0. The van der Waals surface area contributed by atoms with Crippen LogP contribution in [0.25, 0.3) is 0 Å². The first-order valence-corrected chi connectivity index (χ1v) is 8.97. The van der Waals surface area contributed by atoms with Crippen molar-refractivity contribution in [3.63, 3.8) is 0 Å². The summed E-state index contributed by atoms with van der Waals surface area (Å²) in [5, 5.41) is 4.65. The van der Waals surface area contributed by atoms with E-state index in [-0.39, 0.29) is 0 Å². The van der Waals surface area contributed by atoms with E-state index in [2.05, 4.69) is 32.2 Å². The fourth-order valence-corrected chi connectivity index (χ4v) is 4.74. The van der Waals surface area contributed by atoms with Gasteiger partial charge < -0.3 is 10.2 Å². The second-order valence-corrected chi connectivity index (χ2v) is 7.34. The van der Waals surface area contributed by atoms with E-state index in [0.29, 0.717) is 6.04 Å². The van der Waals surface area contributed by atoms with Crippen molar-refractivity contribution in [2.24, 2.45) is 11.8 Å².